The van der Waals surface area contributed by atoms with Crippen molar-refractivity contribution in [1.29, 1.82) is 0 Å². The van der Waals surface area contributed by atoms with Gasteiger partial charge in [0.2, 0.25) is 0 Å². The van der Waals surface area contributed by atoms with Crippen molar-refractivity contribution in [3.8, 4) is 0 Å². The topological polar surface area (TPSA) is 54.3 Å². The van der Waals surface area contributed by atoms with E-state index in [0.29, 0.717) is 36.1 Å². The molecule has 39 heavy (non-hydrogen) atoms. The summed E-state index contributed by atoms with van der Waals surface area (Å²) in [7, 11) is 1.56. The lowest BCUT2D eigenvalue weighted by molar-refractivity contribution is -0.0261. The minimum absolute atomic E-state index is 0.0612. The summed E-state index contributed by atoms with van der Waals surface area (Å²) < 4.78 is 6.15. The van der Waals surface area contributed by atoms with Crippen molar-refractivity contribution >= 4 is 28.9 Å². The second kappa shape index (κ2) is 13.8. The fourth-order valence-corrected chi connectivity index (χ4v) is 5.79. The molecule has 208 valence electrons. The molecule has 4 rings (SSSR count). The molecular weight excluding hydrogens is 531 g/mol. The summed E-state index contributed by atoms with van der Waals surface area (Å²) in [5.41, 5.74) is 5.61. The average Bonchev–Trinajstić information content (AvgIpc) is 2.92. The molecule has 5 nitrogen and oxygen atoms in total. The SMILES string of the molecule is CO/N=C(\COCc1cc(C)cc(C)c1)C(CCN1CCC(O)(c2ccccc2)CC1)c1ccc(Cl)c(Cl)c1. The van der Waals surface area contributed by atoms with Crippen LogP contribution in [-0.2, 0) is 21.8 Å². The average molecular weight is 570 g/mol. The predicted octanol–water partition coefficient (Wildman–Crippen LogP) is 7.29. The molecule has 0 saturated carbocycles. The summed E-state index contributed by atoms with van der Waals surface area (Å²) in [5, 5.41) is 16.7. The van der Waals surface area contributed by atoms with Gasteiger partial charge in [0.1, 0.15) is 7.11 Å². The first kappa shape index (κ1) is 29.6. The van der Waals surface area contributed by atoms with Crippen molar-refractivity contribution in [1.82, 2.24) is 4.90 Å². The first-order valence-electron chi connectivity index (χ1n) is 13.5. The van der Waals surface area contributed by atoms with Crippen LogP contribution < -0.4 is 0 Å². The molecule has 1 unspecified atom stereocenters. The van der Waals surface area contributed by atoms with Crippen molar-refractivity contribution < 1.29 is 14.7 Å². The van der Waals surface area contributed by atoms with E-state index in [1.165, 1.54) is 11.1 Å². The zero-order valence-electron chi connectivity index (χ0n) is 23.0. The highest BCUT2D eigenvalue weighted by Crippen LogP contribution is 2.34. The minimum Gasteiger partial charge on any atom is -0.399 e. The number of oxime groups is 1. The Hall–Kier alpha value is -2.41. The number of nitrogens with zero attached hydrogens (tertiary/aromatic N) is 2. The lowest BCUT2D eigenvalue weighted by atomic mass is 9.84. The highest BCUT2D eigenvalue weighted by Gasteiger charge is 2.34. The van der Waals surface area contributed by atoms with Crippen LogP contribution in [0.1, 0.15) is 53.0 Å². The lowest BCUT2D eigenvalue weighted by Gasteiger charge is -2.39. The molecule has 1 heterocycles. The summed E-state index contributed by atoms with van der Waals surface area (Å²) in [6.07, 6.45) is 2.20. The fraction of sp³-hybridized carbons (Fsp3) is 0.406. The van der Waals surface area contributed by atoms with Gasteiger partial charge >= 0.3 is 0 Å². The van der Waals surface area contributed by atoms with E-state index in [1.807, 2.05) is 48.5 Å². The summed E-state index contributed by atoms with van der Waals surface area (Å²) in [5.74, 6) is -0.0612. The number of halogens is 2. The number of benzene rings is 3. The van der Waals surface area contributed by atoms with Gasteiger partial charge < -0.3 is 19.6 Å². The molecule has 1 N–H and O–H groups in total. The number of ether oxygens (including phenoxy) is 1. The highest BCUT2D eigenvalue weighted by molar-refractivity contribution is 6.42. The maximum absolute atomic E-state index is 11.2. The number of hydrogen-bond acceptors (Lipinski definition) is 5. The zero-order valence-corrected chi connectivity index (χ0v) is 24.5. The molecule has 0 bridgehead atoms. The van der Waals surface area contributed by atoms with Gasteiger partial charge in [-0.15, -0.1) is 0 Å². The molecule has 1 fully saturated rings. The Morgan fingerprint density at radius 2 is 1.67 bits per heavy atom. The standard InChI is InChI=1S/C32H38Cl2N2O3/c1-23-17-24(2)19-25(18-23)21-39-22-31(35-38-3)28(26-9-10-29(33)30(34)20-26)11-14-36-15-12-32(37,13-16-36)27-7-5-4-6-8-27/h4-10,17-20,28,37H,11-16,21-22H2,1-3H3/b35-31+. The lowest BCUT2D eigenvalue weighted by Crippen LogP contribution is -2.43. The number of hydrogen-bond donors (Lipinski definition) is 1. The van der Waals surface area contributed by atoms with Gasteiger partial charge in [0.25, 0.3) is 0 Å². The van der Waals surface area contributed by atoms with Gasteiger partial charge in [0.05, 0.1) is 34.6 Å². The molecule has 3 aromatic carbocycles. The van der Waals surface area contributed by atoms with Gasteiger partial charge in [0.15, 0.2) is 0 Å². The van der Waals surface area contributed by atoms with Crippen LogP contribution in [0.5, 0.6) is 0 Å². The van der Waals surface area contributed by atoms with Gasteiger partial charge in [-0.25, -0.2) is 0 Å². The van der Waals surface area contributed by atoms with Crippen LogP contribution >= 0.6 is 23.2 Å². The van der Waals surface area contributed by atoms with Gasteiger partial charge in [-0.2, -0.15) is 0 Å². The van der Waals surface area contributed by atoms with Crippen LogP contribution in [-0.4, -0.2) is 49.1 Å². The molecule has 3 aromatic rings. The molecule has 0 aromatic heterocycles. The van der Waals surface area contributed by atoms with Crippen LogP contribution in [0.25, 0.3) is 0 Å². The Bertz CT molecular complexity index is 1240. The summed E-state index contributed by atoms with van der Waals surface area (Å²) in [6.45, 7) is 7.49. The third-order valence-corrected chi connectivity index (χ3v) is 8.22. The van der Waals surface area contributed by atoms with Gasteiger partial charge in [-0.05, 0) is 68.5 Å². The first-order valence-corrected chi connectivity index (χ1v) is 14.2. The molecule has 1 aliphatic heterocycles. The maximum atomic E-state index is 11.2. The Labute approximate surface area is 242 Å². The third kappa shape index (κ3) is 8.06. The van der Waals surface area contributed by atoms with Crippen LogP contribution in [0.15, 0.2) is 71.9 Å². The monoisotopic (exact) mass is 568 g/mol. The maximum Gasteiger partial charge on any atom is 0.106 e. The van der Waals surface area contributed by atoms with Crippen LogP contribution in [0.3, 0.4) is 0 Å². The van der Waals surface area contributed by atoms with Crippen molar-refractivity contribution in [3.05, 3.63) is 105 Å². The van der Waals surface area contributed by atoms with E-state index in [0.717, 1.165) is 48.5 Å². The summed E-state index contributed by atoms with van der Waals surface area (Å²) in [6, 6.07) is 22.2. The minimum atomic E-state index is -0.772. The number of likely N-dealkylation sites (tertiary alicyclic amines) is 1. The van der Waals surface area contributed by atoms with E-state index >= 15 is 0 Å². The third-order valence-electron chi connectivity index (χ3n) is 7.49. The van der Waals surface area contributed by atoms with Crippen molar-refractivity contribution in [2.24, 2.45) is 5.16 Å². The van der Waals surface area contributed by atoms with Crippen LogP contribution in [0.2, 0.25) is 10.0 Å². The van der Waals surface area contributed by atoms with Gasteiger partial charge in [-0.1, -0.05) is 94.1 Å². The normalized spacial score (nSPS) is 16.7. The molecule has 0 spiro atoms. The quantitative estimate of drug-likeness (QED) is 0.195. The van der Waals surface area contributed by atoms with Gasteiger partial charge in [0, 0.05) is 19.0 Å². The summed E-state index contributed by atoms with van der Waals surface area (Å²) in [4.78, 5) is 7.68. The van der Waals surface area contributed by atoms with Crippen molar-refractivity contribution in [2.45, 2.75) is 51.2 Å². The molecule has 1 saturated heterocycles. The smallest absolute Gasteiger partial charge is 0.106 e. The van der Waals surface area contributed by atoms with Crippen molar-refractivity contribution in [3.63, 3.8) is 0 Å². The Morgan fingerprint density at radius 1 is 0.974 bits per heavy atom. The van der Waals surface area contributed by atoms with Crippen LogP contribution in [0, 0.1) is 13.8 Å². The molecular formula is C32H38Cl2N2O3. The number of aryl methyl sites for hydroxylation is 2. The van der Waals surface area contributed by atoms with Crippen LogP contribution in [0.4, 0.5) is 0 Å². The molecule has 1 atom stereocenters. The highest BCUT2D eigenvalue weighted by atomic mass is 35.5. The van der Waals surface area contributed by atoms with E-state index in [9.17, 15) is 5.11 Å². The number of piperidine rings is 1. The molecule has 7 heteroatoms. The predicted molar refractivity (Wildman–Crippen MR) is 160 cm³/mol. The second-order valence-electron chi connectivity index (χ2n) is 10.5. The Morgan fingerprint density at radius 3 is 2.31 bits per heavy atom. The zero-order chi connectivity index (χ0) is 27.8. The van der Waals surface area contributed by atoms with E-state index in [-0.39, 0.29) is 5.92 Å². The molecule has 0 radical (unpaired) electrons. The Balaban J connectivity index is 1.45. The number of rotatable bonds is 11. The summed E-state index contributed by atoms with van der Waals surface area (Å²) >= 11 is 12.7. The molecule has 0 aliphatic carbocycles. The first-order chi connectivity index (χ1) is 18.8. The van der Waals surface area contributed by atoms with E-state index < -0.39 is 5.60 Å². The van der Waals surface area contributed by atoms with Gasteiger partial charge in [-0.3, -0.25) is 0 Å². The van der Waals surface area contributed by atoms with E-state index in [2.05, 4.69) is 42.1 Å². The Kier molecular flexibility index (Phi) is 10.4. The molecule has 1 aliphatic rings. The van der Waals surface area contributed by atoms with Crippen molar-refractivity contribution in [2.75, 3.05) is 33.4 Å². The van der Waals surface area contributed by atoms with E-state index in [1.54, 1.807) is 7.11 Å². The van der Waals surface area contributed by atoms with E-state index in [4.69, 9.17) is 32.8 Å². The number of aliphatic hydroxyl groups is 1. The second-order valence-corrected chi connectivity index (χ2v) is 11.3. The fourth-order valence-electron chi connectivity index (χ4n) is 5.48. The largest absolute Gasteiger partial charge is 0.399 e. The molecule has 0 amide bonds.